The van der Waals surface area contributed by atoms with Gasteiger partial charge in [0.15, 0.2) is 5.60 Å². The maximum atomic E-state index is 14.1. The second kappa shape index (κ2) is 8.71. The summed E-state index contributed by atoms with van der Waals surface area (Å²) in [4.78, 5) is 35.6. The van der Waals surface area contributed by atoms with Crippen molar-refractivity contribution in [1.29, 1.82) is 0 Å². The number of piperidine rings is 1. The van der Waals surface area contributed by atoms with Crippen molar-refractivity contribution in [2.24, 2.45) is 5.16 Å². The molecule has 6 nitrogen and oxygen atoms in total. The molecular formula is C28H23FN2O4S. The zero-order chi connectivity index (χ0) is 24.8. The van der Waals surface area contributed by atoms with E-state index in [9.17, 15) is 14.0 Å². The molecule has 0 bridgehead atoms. The van der Waals surface area contributed by atoms with Crippen molar-refractivity contribution in [3.63, 3.8) is 0 Å². The van der Waals surface area contributed by atoms with Crippen LogP contribution in [-0.2, 0) is 9.63 Å². The molecule has 0 saturated carbocycles. The van der Waals surface area contributed by atoms with E-state index in [1.165, 1.54) is 18.2 Å². The number of halogens is 1. The molecule has 1 atom stereocenters. The number of nitrogens with zero attached hydrogens (tertiary/aromatic N) is 2. The summed E-state index contributed by atoms with van der Waals surface area (Å²) >= 11 is 1.56. The third-order valence-electron chi connectivity index (χ3n) is 7.25. The Morgan fingerprint density at radius 3 is 2.64 bits per heavy atom. The van der Waals surface area contributed by atoms with Crippen LogP contribution in [0.3, 0.4) is 0 Å². The number of thiophene rings is 1. The highest BCUT2D eigenvalue weighted by Crippen LogP contribution is 2.51. The van der Waals surface area contributed by atoms with E-state index < -0.39 is 17.0 Å². The Kier molecular flexibility index (Phi) is 5.48. The van der Waals surface area contributed by atoms with Gasteiger partial charge in [0.2, 0.25) is 17.3 Å². The average molecular weight is 503 g/mol. The number of benzene rings is 2. The average Bonchev–Trinajstić information content (AvgIpc) is 3.60. The summed E-state index contributed by atoms with van der Waals surface area (Å²) in [5.74, 6) is -0.612. The second-order valence-corrected chi connectivity index (χ2v) is 10.2. The van der Waals surface area contributed by atoms with Gasteiger partial charge in [0.25, 0.3) is 0 Å². The van der Waals surface area contributed by atoms with Gasteiger partial charge in [0.05, 0.1) is 11.3 Å². The van der Waals surface area contributed by atoms with Gasteiger partial charge in [0.1, 0.15) is 11.6 Å². The lowest BCUT2D eigenvalue weighted by Crippen LogP contribution is -2.68. The van der Waals surface area contributed by atoms with Gasteiger partial charge in [-0.2, -0.15) is 0 Å². The van der Waals surface area contributed by atoms with E-state index in [0.29, 0.717) is 37.4 Å². The lowest BCUT2D eigenvalue weighted by atomic mass is 9.67. The molecule has 1 saturated heterocycles. The van der Waals surface area contributed by atoms with Crippen molar-refractivity contribution in [3.05, 3.63) is 93.9 Å². The van der Waals surface area contributed by atoms with Crippen molar-refractivity contribution >= 4 is 34.8 Å². The molecular weight excluding hydrogens is 479 g/mol. The molecule has 0 N–H and O–H groups in total. The minimum atomic E-state index is -1.43. The zero-order valence-corrected chi connectivity index (χ0v) is 20.2. The number of carbonyl (C=O) groups is 2. The standard InChI is InChI=1S/C28H23FN2O4S/c29-20-8-10-24-22(17-20)26(33)28(18-23(30-35-28)19-5-2-1-3-6-19)27(34-24)12-14-31(15-13-27)25(32)11-9-21-7-4-16-36-21/h1-11,16-17H,12-15,18H2. The van der Waals surface area contributed by atoms with Gasteiger partial charge in [0, 0.05) is 43.3 Å². The number of ether oxygens (including phenoxy) is 1. The maximum Gasteiger partial charge on any atom is 0.246 e. The summed E-state index contributed by atoms with van der Waals surface area (Å²) in [6.45, 7) is 0.784. The number of rotatable bonds is 3. The van der Waals surface area contributed by atoms with E-state index in [0.717, 1.165) is 10.4 Å². The molecule has 6 rings (SSSR count). The fourth-order valence-electron chi connectivity index (χ4n) is 5.31. The van der Waals surface area contributed by atoms with Crippen LogP contribution in [0.1, 0.15) is 40.1 Å². The van der Waals surface area contributed by atoms with Gasteiger partial charge in [-0.3, -0.25) is 9.59 Å². The van der Waals surface area contributed by atoms with E-state index in [1.54, 1.807) is 22.3 Å². The summed E-state index contributed by atoms with van der Waals surface area (Å²) < 4.78 is 20.6. The van der Waals surface area contributed by atoms with Gasteiger partial charge in [-0.15, -0.1) is 11.3 Å². The Balaban J connectivity index is 1.30. The van der Waals surface area contributed by atoms with E-state index in [4.69, 9.17) is 9.57 Å². The highest BCUT2D eigenvalue weighted by Gasteiger charge is 2.67. The van der Waals surface area contributed by atoms with Crippen LogP contribution in [0.2, 0.25) is 0 Å². The van der Waals surface area contributed by atoms with Crippen LogP contribution in [0.15, 0.2) is 77.3 Å². The summed E-state index contributed by atoms with van der Waals surface area (Å²) in [6.07, 6.45) is 4.35. The molecule has 36 heavy (non-hydrogen) atoms. The number of carbonyl (C=O) groups excluding carboxylic acids is 2. The smallest absolute Gasteiger partial charge is 0.246 e. The van der Waals surface area contributed by atoms with Crippen LogP contribution in [-0.4, -0.2) is 46.6 Å². The molecule has 0 aliphatic carbocycles. The van der Waals surface area contributed by atoms with Crippen molar-refractivity contribution in [2.75, 3.05) is 13.1 Å². The van der Waals surface area contributed by atoms with Crippen LogP contribution >= 0.6 is 11.3 Å². The quantitative estimate of drug-likeness (QED) is 0.468. The van der Waals surface area contributed by atoms with Gasteiger partial charge >= 0.3 is 0 Å². The molecule has 0 radical (unpaired) electrons. The van der Waals surface area contributed by atoms with Crippen LogP contribution in [0.4, 0.5) is 4.39 Å². The lowest BCUT2D eigenvalue weighted by Gasteiger charge is -2.51. The normalized spacial score (nSPS) is 22.4. The van der Waals surface area contributed by atoms with Crippen molar-refractivity contribution in [3.8, 4) is 5.75 Å². The molecule has 4 heterocycles. The Morgan fingerprint density at radius 2 is 1.89 bits per heavy atom. The first-order chi connectivity index (χ1) is 17.5. The van der Waals surface area contributed by atoms with Crippen molar-refractivity contribution < 1.29 is 23.6 Å². The molecule has 182 valence electrons. The van der Waals surface area contributed by atoms with E-state index in [2.05, 4.69) is 5.16 Å². The molecule has 1 fully saturated rings. The monoisotopic (exact) mass is 502 g/mol. The topological polar surface area (TPSA) is 68.2 Å². The van der Waals surface area contributed by atoms with Gasteiger partial charge in [-0.1, -0.05) is 41.6 Å². The highest BCUT2D eigenvalue weighted by atomic mass is 32.1. The van der Waals surface area contributed by atoms with Crippen LogP contribution in [0, 0.1) is 5.82 Å². The molecule has 2 aromatic carbocycles. The molecule has 1 unspecified atom stereocenters. The first kappa shape index (κ1) is 22.7. The number of oxime groups is 1. The largest absolute Gasteiger partial charge is 0.482 e. The third-order valence-corrected chi connectivity index (χ3v) is 8.08. The Bertz CT molecular complexity index is 1380. The molecule has 1 amide bonds. The Morgan fingerprint density at radius 1 is 1.08 bits per heavy atom. The summed E-state index contributed by atoms with van der Waals surface area (Å²) in [5, 5.41) is 6.28. The zero-order valence-electron chi connectivity index (χ0n) is 19.4. The van der Waals surface area contributed by atoms with Gasteiger partial charge in [-0.25, -0.2) is 4.39 Å². The fourth-order valence-corrected chi connectivity index (χ4v) is 5.93. The number of ketones is 1. The number of hydrogen-bond donors (Lipinski definition) is 0. The second-order valence-electron chi connectivity index (χ2n) is 9.24. The predicted molar refractivity (Wildman–Crippen MR) is 135 cm³/mol. The summed E-state index contributed by atoms with van der Waals surface area (Å²) in [5.41, 5.74) is -0.815. The van der Waals surface area contributed by atoms with Crippen LogP contribution in [0.25, 0.3) is 6.08 Å². The van der Waals surface area contributed by atoms with Crippen molar-refractivity contribution in [1.82, 2.24) is 4.90 Å². The molecule has 3 aliphatic rings. The van der Waals surface area contributed by atoms with E-state index in [1.807, 2.05) is 53.9 Å². The SMILES string of the molecule is O=C(C=Cc1cccs1)N1CCC2(CC1)Oc1ccc(F)cc1C(=O)C21CC(c2ccccc2)=NO1. The molecule has 3 aromatic rings. The fraction of sp³-hybridized carbons (Fsp3) is 0.250. The van der Waals surface area contributed by atoms with Gasteiger partial charge < -0.3 is 14.5 Å². The molecule has 2 spiro atoms. The van der Waals surface area contributed by atoms with Crippen LogP contribution < -0.4 is 4.74 Å². The Labute approximate surface area is 211 Å². The summed E-state index contributed by atoms with van der Waals surface area (Å²) in [7, 11) is 0. The number of amides is 1. The number of fused-ring (bicyclic) bond motifs is 2. The third kappa shape index (κ3) is 3.64. The highest BCUT2D eigenvalue weighted by molar-refractivity contribution is 7.10. The molecule has 1 aromatic heterocycles. The van der Waals surface area contributed by atoms with Gasteiger partial charge in [-0.05, 0) is 41.3 Å². The van der Waals surface area contributed by atoms with E-state index in [-0.39, 0.29) is 23.7 Å². The van der Waals surface area contributed by atoms with Crippen LogP contribution in [0.5, 0.6) is 5.75 Å². The first-order valence-corrected chi connectivity index (χ1v) is 12.7. The predicted octanol–water partition coefficient (Wildman–Crippen LogP) is 5.10. The number of Topliss-reactive ketones (excluding diaryl/α,β-unsaturated/α-hetero) is 1. The molecule has 8 heteroatoms. The Hall–Kier alpha value is -3.78. The first-order valence-electron chi connectivity index (χ1n) is 11.8. The lowest BCUT2D eigenvalue weighted by molar-refractivity contribution is -0.161. The van der Waals surface area contributed by atoms with Crippen molar-refractivity contribution in [2.45, 2.75) is 30.5 Å². The minimum absolute atomic E-state index is 0.0922. The maximum absolute atomic E-state index is 14.1. The summed E-state index contributed by atoms with van der Waals surface area (Å²) in [6, 6.07) is 17.4. The van der Waals surface area contributed by atoms with E-state index >= 15 is 0 Å². The minimum Gasteiger partial charge on any atom is -0.482 e. The molecule has 3 aliphatic heterocycles. The number of likely N-dealkylation sites (tertiary alicyclic amines) is 1. The number of hydrogen-bond acceptors (Lipinski definition) is 6.